The summed E-state index contributed by atoms with van der Waals surface area (Å²) >= 11 is 0. The average Bonchev–Trinajstić information content (AvgIpc) is 1.86. The van der Waals surface area contributed by atoms with E-state index in [1.807, 2.05) is 5.48 Å². The number of hydrogen-bond acceptors (Lipinski definition) is 4. The third-order valence-electron chi connectivity index (χ3n) is 0.767. The first-order valence-corrected chi connectivity index (χ1v) is 2.92. The number of rotatable bonds is 4. The predicted octanol–water partition coefficient (Wildman–Crippen LogP) is -2.10. The minimum Gasteiger partial charge on any atom is -0.383 e. The number of aliphatic hydroxyl groups excluding tert-OH is 1. The highest BCUT2D eigenvalue weighted by molar-refractivity contribution is 5.79. The molecule has 0 aliphatic rings. The molecule has 0 aromatic rings. The summed E-state index contributed by atoms with van der Waals surface area (Å²) < 4.78 is 0. The highest BCUT2D eigenvalue weighted by Gasteiger charge is 2.07. The normalized spacial score (nSPS) is 12.2. The zero-order valence-electron chi connectivity index (χ0n) is 6.03. The zero-order valence-corrected chi connectivity index (χ0v) is 6.03. The molecule has 11 heavy (non-hydrogen) atoms. The smallest absolute Gasteiger partial charge is 0.272 e. The number of nitrogens with two attached hydrogens (primary N) is 1. The quantitative estimate of drug-likeness (QED) is 0.412. The predicted molar refractivity (Wildman–Crippen MR) is 35.0 cm³/mol. The highest BCUT2D eigenvalue weighted by atomic mass is 16.7. The zero-order chi connectivity index (χ0) is 8.85. The Kier molecular flexibility index (Phi) is 4.16. The van der Waals surface area contributed by atoms with Gasteiger partial charge in [0.05, 0.1) is 0 Å². The van der Waals surface area contributed by atoms with Gasteiger partial charge in [-0.25, -0.2) is 5.48 Å². The molecular weight excluding hydrogens is 152 g/mol. The van der Waals surface area contributed by atoms with Gasteiger partial charge in [0.1, 0.15) is 6.10 Å². The molecule has 1 atom stereocenters. The molecule has 6 heteroatoms. The van der Waals surface area contributed by atoms with Crippen LogP contribution in [0.2, 0.25) is 0 Å². The maximum atomic E-state index is 10.5. The summed E-state index contributed by atoms with van der Waals surface area (Å²) in [6, 6.07) is 0. The lowest BCUT2D eigenvalue weighted by atomic mass is 10.4. The number of carbonyl (C=O) groups excluding carboxylic acids is 2. The number of primary amides is 1. The minimum absolute atomic E-state index is 0.404. The molecule has 0 aliphatic carbocycles. The van der Waals surface area contributed by atoms with E-state index in [1.54, 1.807) is 0 Å². The molecule has 0 saturated carbocycles. The molecule has 2 amide bonds. The monoisotopic (exact) mass is 162 g/mol. The summed E-state index contributed by atoms with van der Waals surface area (Å²) in [6.45, 7) is 0.863. The molecule has 0 aromatic heterocycles. The maximum Gasteiger partial charge on any atom is 0.272 e. The van der Waals surface area contributed by atoms with Gasteiger partial charge in [-0.05, 0) is 6.92 Å². The fourth-order valence-corrected chi connectivity index (χ4v) is 0.264. The van der Waals surface area contributed by atoms with Crippen molar-refractivity contribution >= 4 is 11.8 Å². The van der Waals surface area contributed by atoms with E-state index in [4.69, 9.17) is 5.11 Å². The minimum atomic E-state index is -1.16. The van der Waals surface area contributed by atoms with Gasteiger partial charge in [0.2, 0.25) is 5.91 Å². The van der Waals surface area contributed by atoms with Gasteiger partial charge in [0.25, 0.3) is 5.91 Å². The lowest BCUT2D eigenvalue weighted by Gasteiger charge is -2.04. The Hall–Kier alpha value is -1.14. The fraction of sp³-hybridized carbons (Fsp3) is 0.600. The SMILES string of the molecule is C[C@@H](O)C(=O)NOCC(N)=O. The number of hydroxylamine groups is 1. The van der Waals surface area contributed by atoms with Crippen LogP contribution in [0.15, 0.2) is 0 Å². The molecular formula is C5H10N2O4. The van der Waals surface area contributed by atoms with Crippen LogP contribution < -0.4 is 11.2 Å². The van der Waals surface area contributed by atoms with Crippen molar-refractivity contribution in [3.63, 3.8) is 0 Å². The van der Waals surface area contributed by atoms with Crippen LogP contribution in [0.5, 0.6) is 0 Å². The first-order valence-electron chi connectivity index (χ1n) is 2.92. The Morgan fingerprint density at radius 1 is 1.73 bits per heavy atom. The molecule has 0 spiro atoms. The third-order valence-corrected chi connectivity index (χ3v) is 0.767. The number of hydrogen-bond donors (Lipinski definition) is 3. The van der Waals surface area contributed by atoms with Crippen LogP contribution in [0.4, 0.5) is 0 Å². The van der Waals surface area contributed by atoms with E-state index < -0.39 is 24.5 Å². The van der Waals surface area contributed by atoms with E-state index in [9.17, 15) is 9.59 Å². The maximum absolute atomic E-state index is 10.5. The van der Waals surface area contributed by atoms with Gasteiger partial charge < -0.3 is 10.8 Å². The van der Waals surface area contributed by atoms with Crippen molar-refractivity contribution in [2.24, 2.45) is 5.73 Å². The second kappa shape index (κ2) is 4.64. The average molecular weight is 162 g/mol. The van der Waals surface area contributed by atoms with Crippen molar-refractivity contribution < 1.29 is 19.5 Å². The molecule has 0 radical (unpaired) electrons. The number of carbonyl (C=O) groups is 2. The first kappa shape index (κ1) is 9.86. The molecule has 0 aliphatic heterocycles. The van der Waals surface area contributed by atoms with Crippen molar-refractivity contribution in [2.75, 3.05) is 6.61 Å². The summed E-state index contributed by atoms with van der Waals surface area (Å²) in [6.07, 6.45) is -1.16. The lowest BCUT2D eigenvalue weighted by Crippen LogP contribution is -2.35. The van der Waals surface area contributed by atoms with Crippen molar-refractivity contribution in [1.29, 1.82) is 0 Å². The molecule has 6 nitrogen and oxygen atoms in total. The number of aliphatic hydroxyl groups is 1. The van der Waals surface area contributed by atoms with Gasteiger partial charge in [-0.3, -0.25) is 14.4 Å². The Morgan fingerprint density at radius 3 is 2.64 bits per heavy atom. The molecule has 0 aromatic carbocycles. The van der Waals surface area contributed by atoms with Gasteiger partial charge in [0.15, 0.2) is 6.61 Å². The fourth-order valence-electron chi connectivity index (χ4n) is 0.264. The van der Waals surface area contributed by atoms with Gasteiger partial charge in [-0.2, -0.15) is 0 Å². The molecule has 0 fully saturated rings. The second-order valence-corrected chi connectivity index (χ2v) is 1.90. The number of nitrogens with one attached hydrogen (secondary N) is 1. The first-order chi connectivity index (χ1) is 5.04. The van der Waals surface area contributed by atoms with Crippen molar-refractivity contribution in [3.05, 3.63) is 0 Å². The van der Waals surface area contributed by atoms with Crippen LogP contribution in [-0.4, -0.2) is 29.6 Å². The van der Waals surface area contributed by atoms with E-state index in [1.165, 1.54) is 6.92 Å². The summed E-state index contributed by atoms with van der Waals surface area (Å²) in [4.78, 5) is 24.8. The Morgan fingerprint density at radius 2 is 2.27 bits per heavy atom. The van der Waals surface area contributed by atoms with E-state index >= 15 is 0 Å². The Balaban J connectivity index is 3.39. The van der Waals surface area contributed by atoms with Gasteiger partial charge in [-0.1, -0.05) is 0 Å². The van der Waals surface area contributed by atoms with Crippen molar-refractivity contribution in [1.82, 2.24) is 5.48 Å². The molecule has 64 valence electrons. The van der Waals surface area contributed by atoms with Gasteiger partial charge in [0, 0.05) is 0 Å². The summed E-state index contributed by atoms with van der Waals surface area (Å²) in [5, 5.41) is 8.58. The molecule has 4 N–H and O–H groups in total. The van der Waals surface area contributed by atoms with Crippen LogP contribution >= 0.6 is 0 Å². The standard InChI is InChI=1S/C5H10N2O4/c1-3(8)5(10)7-11-2-4(6)9/h3,8H,2H2,1H3,(H2,6,9)(H,7,10)/t3-/m1/s1. The van der Waals surface area contributed by atoms with Crippen LogP contribution in [0, 0.1) is 0 Å². The van der Waals surface area contributed by atoms with Crippen LogP contribution in [-0.2, 0) is 14.4 Å². The van der Waals surface area contributed by atoms with Crippen molar-refractivity contribution in [3.8, 4) is 0 Å². The number of amides is 2. The molecule has 0 heterocycles. The van der Waals surface area contributed by atoms with Crippen LogP contribution in [0.25, 0.3) is 0 Å². The van der Waals surface area contributed by atoms with Crippen LogP contribution in [0.3, 0.4) is 0 Å². The Bertz CT molecular complexity index is 157. The molecule has 0 rings (SSSR count). The summed E-state index contributed by atoms with van der Waals surface area (Å²) in [5.74, 6) is -1.41. The van der Waals surface area contributed by atoms with E-state index in [-0.39, 0.29) is 0 Å². The van der Waals surface area contributed by atoms with E-state index in [2.05, 4.69) is 10.6 Å². The molecule has 0 bridgehead atoms. The Labute approximate surface area is 63.3 Å². The van der Waals surface area contributed by atoms with Crippen LogP contribution in [0.1, 0.15) is 6.92 Å². The lowest BCUT2D eigenvalue weighted by molar-refractivity contribution is -0.144. The topological polar surface area (TPSA) is 102 Å². The van der Waals surface area contributed by atoms with Crippen molar-refractivity contribution in [2.45, 2.75) is 13.0 Å². The van der Waals surface area contributed by atoms with E-state index in [0.717, 1.165) is 0 Å². The summed E-state index contributed by atoms with van der Waals surface area (Å²) in [5.41, 5.74) is 6.50. The highest BCUT2D eigenvalue weighted by Crippen LogP contribution is 1.78. The van der Waals surface area contributed by atoms with Gasteiger partial charge >= 0.3 is 0 Å². The van der Waals surface area contributed by atoms with Gasteiger partial charge in [-0.15, -0.1) is 0 Å². The summed E-state index contributed by atoms with van der Waals surface area (Å²) in [7, 11) is 0. The van der Waals surface area contributed by atoms with E-state index in [0.29, 0.717) is 0 Å². The largest absolute Gasteiger partial charge is 0.383 e. The molecule has 0 saturated heterocycles. The second-order valence-electron chi connectivity index (χ2n) is 1.90. The molecule has 0 unspecified atom stereocenters. The third kappa shape index (κ3) is 5.31.